The number of rotatable bonds is 8. The van der Waals surface area contributed by atoms with Gasteiger partial charge in [0.1, 0.15) is 5.75 Å². The first-order valence-electron chi connectivity index (χ1n) is 8.41. The van der Waals surface area contributed by atoms with Gasteiger partial charge in [-0.15, -0.1) is 16.8 Å². The number of para-hydroxylation sites is 1. The molecule has 0 aliphatic rings. The molecule has 0 N–H and O–H groups in total. The number of nitrogens with zero attached hydrogens (tertiary/aromatic N) is 3. The maximum Gasteiger partial charge on any atom is 0.191 e. The van der Waals surface area contributed by atoms with E-state index in [0.29, 0.717) is 17.3 Å². The Morgan fingerprint density at radius 3 is 2.67 bits per heavy atom. The van der Waals surface area contributed by atoms with Crippen molar-refractivity contribution in [2.24, 2.45) is 0 Å². The Balaban J connectivity index is 1.76. The SMILES string of the molecule is C=CCn1c(SCc2ccc(Br)cc2)nnc1C(C)Oc1ccccc1Cl. The van der Waals surface area contributed by atoms with Crippen LogP contribution in [0.3, 0.4) is 0 Å². The summed E-state index contributed by atoms with van der Waals surface area (Å²) >= 11 is 11.3. The van der Waals surface area contributed by atoms with Gasteiger partial charge in [-0.3, -0.25) is 4.57 Å². The fraction of sp³-hybridized carbons (Fsp3) is 0.200. The molecule has 7 heteroatoms. The zero-order valence-electron chi connectivity index (χ0n) is 14.8. The van der Waals surface area contributed by atoms with Crippen molar-refractivity contribution >= 4 is 39.3 Å². The van der Waals surface area contributed by atoms with Crippen LogP contribution in [-0.4, -0.2) is 14.8 Å². The summed E-state index contributed by atoms with van der Waals surface area (Å²) in [5.41, 5.74) is 1.22. The Hall–Kier alpha value is -1.76. The van der Waals surface area contributed by atoms with Gasteiger partial charge in [0, 0.05) is 16.8 Å². The third kappa shape index (κ3) is 5.15. The zero-order chi connectivity index (χ0) is 19.2. The first-order chi connectivity index (χ1) is 13.1. The second kappa shape index (κ2) is 9.44. The average molecular weight is 465 g/mol. The molecule has 1 atom stereocenters. The lowest BCUT2D eigenvalue weighted by atomic mass is 10.2. The van der Waals surface area contributed by atoms with E-state index in [1.807, 2.05) is 47.9 Å². The first kappa shape index (κ1) is 20.0. The van der Waals surface area contributed by atoms with Gasteiger partial charge in [-0.1, -0.05) is 69.6 Å². The van der Waals surface area contributed by atoms with Crippen molar-refractivity contribution in [1.29, 1.82) is 0 Å². The third-order valence-electron chi connectivity index (χ3n) is 3.84. The van der Waals surface area contributed by atoms with Gasteiger partial charge in [-0.25, -0.2) is 0 Å². The molecule has 4 nitrogen and oxygen atoms in total. The van der Waals surface area contributed by atoms with E-state index in [9.17, 15) is 0 Å². The quantitative estimate of drug-likeness (QED) is 0.289. The highest BCUT2D eigenvalue weighted by Crippen LogP contribution is 2.30. The van der Waals surface area contributed by atoms with Crippen molar-refractivity contribution < 1.29 is 4.74 Å². The van der Waals surface area contributed by atoms with Crippen LogP contribution in [0.1, 0.15) is 24.4 Å². The summed E-state index contributed by atoms with van der Waals surface area (Å²) in [6.45, 7) is 6.40. The predicted molar refractivity (Wildman–Crippen MR) is 114 cm³/mol. The molecule has 0 spiro atoms. The number of hydrogen-bond acceptors (Lipinski definition) is 4. The van der Waals surface area contributed by atoms with E-state index >= 15 is 0 Å². The molecule has 2 aromatic carbocycles. The van der Waals surface area contributed by atoms with Gasteiger partial charge in [0.2, 0.25) is 0 Å². The number of hydrogen-bond donors (Lipinski definition) is 0. The minimum absolute atomic E-state index is 0.292. The first-order valence-corrected chi connectivity index (χ1v) is 10.6. The predicted octanol–water partition coefficient (Wildman–Crippen LogP) is 6.31. The molecule has 0 amide bonds. The highest BCUT2D eigenvalue weighted by atomic mass is 79.9. The van der Waals surface area contributed by atoms with Gasteiger partial charge >= 0.3 is 0 Å². The third-order valence-corrected chi connectivity index (χ3v) is 5.72. The van der Waals surface area contributed by atoms with Gasteiger partial charge in [0.25, 0.3) is 0 Å². The van der Waals surface area contributed by atoms with Crippen LogP contribution >= 0.6 is 39.3 Å². The molecule has 27 heavy (non-hydrogen) atoms. The summed E-state index contributed by atoms with van der Waals surface area (Å²) in [6.07, 6.45) is 1.54. The Bertz CT molecular complexity index is 914. The van der Waals surface area contributed by atoms with Crippen molar-refractivity contribution in [2.45, 2.75) is 30.5 Å². The molecule has 0 radical (unpaired) electrons. The fourth-order valence-electron chi connectivity index (χ4n) is 2.52. The van der Waals surface area contributed by atoms with E-state index < -0.39 is 0 Å². The molecule has 0 aliphatic heterocycles. The van der Waals surface area contributed by atoms with Crippen molar-refractivity contribution in [3.63, 3.8) is 0 Å². The van der Waals surface area contributed by atoms with Gasteiger partial charge in [-0.05, 0) is 36.8 Å². The van der Waals surface area contributed by atoms with Crippen LogP contribution in [0, 0.1) is 0 Å². The normalized spacial score (nSPS) is 12.0. The van der Waals surface area contributed by atoms with Crippen molar-refractivity contribution in [1.82, 2.24) is 14.8 Å². The van der Waals surface area contributed by atoms with Gasteiger partial charge in [0.05, 0.1) is 5.02 Å². The van der Waals surface area contributed by atoms with Crippen LogP contribution in [0.5, 0.6) is 5.75 Å². The van der Waals surface area contributed by atoms with Crippen LogP contribution in [0.15, 0.2) is 70.8 Å². The van der Waals surface area contributed by atoms with Crippen LogP contribution in [-0.2, 0) is 12.3 Å². The molecule has 1 heterocycles. The number of ether oxygens (including phenoxy) is 1. The summed E-state index contributed by atoms with van der Waals surface area (Å²) < 4.78 is 9.10. The molecule has 0 saturated carbocycles. The number of benzene rings is 2. The summed E-state index contributed by atoms with van der Waals surface area (Å²) in [5.74, 6) is 2.18. The highest BCUT2D eigenvalue weighted by Gasteiger charge is 2.19. The molecular formula is C20H19BrClN3OS. The van der Waals surface area contributed by atoms with E-state index in [2.05, 4.69) is 44.8 Å². The fourth-order valence-corrected chi connectivity index (χ4v) is 3.88. The Morgan fingerprint density at radius 1 is 1.22 bits per heavy atom. The standard InChI is InChI=1S/C20H19BrClN3OS/c1-3-12-25-19(14(2)26-18-7-5-4-6-17(18)22)23-24-20(25)27-13-15-8-10-16(21)11-9-15/h3-11,14H,1,12-13H2,2H3. The van der Waals surface area contributed by atoms with Crippen molar-refractivity contribution in [3.05, 3.63) is 82.1 Å². The summed E-state index contributed by atoms with van der Waals surface area (Å²) in [4.78, 5) is 0. The van der Waals surface area contributed by atoms with Gasteiger partial charge in [-0.2, -0.15) is 0 Å². The number of thioether (sulfide) groups is 1. The molecule has 0 aliphatic carbocycles. The number of halogens is 2. The van der Waals surface area contributed by atoms with E-state index in [1.54, 1.807) is 17.8 Å². The second-order valence-corrected chi connectivity index (χ2v) is 8.11. The number of allylic oxidation sites excluding steroid dienone is 1. The lowest BCUT2D eigenvalue weighted by Gasteiger charge is -2.16. The Morgan fingerprint density at radius 2 is 1.96 bits per heavy atom. The average Bonchev–Trinajstić information content (AvgIpc) is 3.06. The van der Waals surface area contributed by atoms with E-state index in [1.165, 1.54) is 5.56 Å². The molecule has 1 aromatic heterocycles. The van der Waals surface area contributed by atoms with E-state index in [-0.39, 0.29) is 6.10 Å². The van der Waals surface area contributed by atoms with Gasteiger partial charge in [0.15, 0.2) is 17.1 Å². The number of aromatic nitrogens is 3. The summed E-state index contributed by atoms with van der Waals surface area (Å²) in [6, 6.07) is 15.7. The minimum atomic E-state index is -0.292. The largest absolute Gasteiger partial charge is 0.481 e. The van der Waals surface area contributed by atoms with Crippen LogP contribution in [0.4, 0.5) is 0 Å². The Labute approximate surface area is 176 Å². The second-order valence-electron chi connectivity index (χ2n) is 5.85. The van der Waals surface area contributed by atoms with Crippen LogP contribution < -0.4 is 4.74 Å². The topological polar surface area (TPSA) is 39.9 Å². The van der Waals surface area contributed by atoms with Crippen molar-refractivity contribution in [2.75, 3.05) is 0 Å². The maximum absolute atomic E-state index is 6.20. The van der Waals surface area contributed by atoms with Crippen molar-refractivity contribution in [3.8, 4) is 5.75 Å². The zero-order valence-corrected chi connectivity index (χ0v) is 18.0. The van der Waals surface area contributed by atoms with Crippen LogP contribution in [0.2, 0.25) is 5.02 Å². The molecule has 0 fully saturated rings. The molecule has 3 rings (SSSR count). The smallest absolute Gasteiger partial charge is 0.191 e. The molecular weight excluding hydrogens is 446 g/mol. The van der Waals surface area contributed by atoms with E-state index in [4.69, 9.17) is 16.3 Å². The molecule has 3 aromatic rings. The monoisotopic (exact) mass is 463 g/mol. The lowest BCUT2D eigenvalue weighted by Crippen LogP contribution is -2.12. The maximum atomic E-state index is 6.20. The highest BCUT2D eigenvalue weighted by molar-refractivity contribution is 9.10. The molecule has 0 saturated heterocycles. The van der Waals surface area contributed by atoms with Crippen LogP contribution in [0.25, 0.3) is 0 Å². The lowest BCUT2D eigenvalue weighted by molar-refractivity contribution is 0.210. The minimum Gasteiger partial charge on any atom is -0.481 e. The summed E-state index contributed by atoms with van der Waals surface area (Å²) in [7, 11) is 0. The molecule has 1 unspecified atom stereocenters. The molecule has 140 valence electrons. The summed E-state index contributed by atoms with van der Waals surface area (Å²) in [5, 5.41) is 10.1. The van der Waals surface area contributed by atoms with Gasteiger partial charge < -0.3 is 4.74 Å². The molecule has 0 bridgehead atoms. The Kier molecular flexibility index (Phi) is 6.99. The van der Waals surface area contributed by atoms with E-state index in [0.717, 1.165) is 21.2 Å².